The van der Waals surface area contributed by atoms with E-state index in [0.29, 0.717) is 6.54 Å². The summed E-state index contributed by atoms with van der Waals surface area (Å²) < 4.78 is 1.86. The first-order valence-electron chi connectivity index (χ1n) is 7.06. The summed E-state index contributed by atoms with van der Waals surface area (Å²) in [6.07, 6.45) is 2.82. The number of aryl methyl sites for hydroxylation is 1. The minimum Gasteiger partial charge on any atom is -0.481 e. The summed E-state index contributed by atoms with van der Waals surface area (Å²) in [6.45, 7) is 7.72. The molecule has 0 unspecified atom stereocenters. The largest absolute Gasteiger partial charge is 0.481 e. The molecular weight excluding hydrogens is 268 g/mol. The molecule has 0 aliphatic carbocycles. The molecule has 2 rings (SSSR count). The van der Waals surface area contributed by atoms with Crippen molar-refractivity contribution in [2.24, 2.45) is 0 Å². The van der Waals surface area contributed by atoms with E-state index in [4.69, 9.17) is 5.11 Å². The Bertz CT molecular complexity index is 636. The van der Waals surface area contributed by atoms with Gasteiger partial charge in [-0.25, -0.2) is 4.68 Å². The van der Waals surface area contributed by atoms with Gasteiger partial charge in [0.15, 0.2) is 0 Å². The van der Waals surface area contributed by atoms with E-state index in [1.807, 2.05) is 40.8 Å². The molecule has 6 heteroatoms. The standard InChI is InChI=1S/C15H20N4O2/c1-3-5-9-19-14-7-6-12(11-13(14)16-17-19)18(4-2)10-8-15(20)21/h3,6-7,11H,1,4-5,8-10H2,2H3,(H,20,21). The molecule has 0 amide bonds. The zero-order chi connectivity index (χ0) is 15.2. The fourth-order valence-corrected chi connectivity index (χ4v) is 2.24. The predicted octanol–water partition coefficient (Wildman–Crippen LogP) is 2.31. The fourth-order valence-electron chi connectivity index (χ4n) is 2.24. The van der Waals surface area contributed by atoms with Crippen LogP contribution in [0.25, 0.3) is 11.0 Å². The highest BCUT2D eigenvalue weighted by molar-refractivity contribution is 5.79. The first-order chi connectivity index (χ1) is 10.2. The number of hydrogen-bond donors (Lipinski definition) is 1. The molecule has 1 N–H and O–H groups in total. The Morgan fingerprint density at radius 3 is 3.00 bits per heavy atom. The molecule has 0 spiro atoms. The van der Waals surface area contributed by atoms with Crippen molar-refractivity contribution in [3.8, 4) is 0 Å². The van der Waals surface area contributed by atoms with Gasteiger partial charge in [0.05, 0.1) is 11.9 Å². The third kappa shape index (κ3) is 3.59. The number of carboxylic acids is 1. The molecule has 6 nitrogen and oxygen atoms in total. The van der Waals surface area contributed by atoms with E-state index in [-0.39, 0.29) is 6.42 Å². The van der Waals surface area contributed by atoms with Crippen LogP contribution in [-0.2, 0) is 11.3 Å². The molecule has 0 saturated carbocycles. The van der Waals surface area contributed by atoms with Crippen LogP contribution in [0, 0.1) is 0 Å². The molecule has 112 valence electrons. The Balaban J connectivity index is 2.21. The zero-order valence-electron chi connectivity index (χ0n) is 12.2. The van der Waals surface area contributed by atoms with Crippen LogP contribution in [0.2, 0.25) is 0 Å². The van der Waals surface area contributed by atoms with Crippen molar-refractivity contribution in [1.82, 2.24) is 15.0 Å². The van der Waals surface area contributed by atoms with Crippen LogP contribution in [0.5, 0.6) is 0 Å². The summed E-state index contributed by atoms with van der Waals surface area (Å²) in [5.41, 5.74) is 2.78. The average Bonchev–Trinajstić information content (AvgIpc) is 2.88. The lowest BCUT2D eigenvalue weighted by atomic mass is 10.2. The van der Waals surface area contributed by atoms with Crippen molar-refractivity contribution >= 4 is 22.7 Å². The van der Waals surface area contributed by atoms with Crippen LogP contribution in [0.3, 0.4) is 0 Å². The van der Waals surface area contributed by atoms with Gasteiger partial charge in [0.25, 0.3) is 0 Å². The van der Waals surface area contributed by atoms with Crippen LogP contribution in [-0.4, -0.2) is 39.2 Å². The van der Waals surface area contributed by atoms with Crippen LogP contribution in [0.15, 0.2) is 30.9 Å². The Kier molecular flexibility index (Phi) is 4.92. The molecule has 1 aromatic carbocycles. The first kappa shape index (κ1) is 15.0. The van der Waals surface area contributed by atoms with Crippen molar-refractivity contribution in [1.29, 1.82) is 0 Å². The van der Waals surface area contributed by atoms with Gasteiger partial charge in [-0.2, -0.15) is 0 Å². The predicted molar refractivity (Wildman–Crippen MR) is 82.5 cm³/mol. The summed E-state index contributed by atoms with van der Waals surface area (Å²) in [7, 11) is 0. The van der Waals surface area contributed by atoms with Gasteiger partial charge in [0.2, 0.25) is 0 Å². The third-order valence-corrected chi connectivity index (χ3v) is 3.38. The second-order valence-corrected chi connectivity index (χ2v) is 4.79. The molecule has 2 aromatic rings. The molecule has 1 heterocycles. The first-order valence-corrected chi connectivity index (χ1v) is 7.06. The maximum atomic E-state index is 10.7. The maximum Gasteiger partial charge on any atom is 0.305 e. The Labute approximate surface area is 123 Å². The van der Waals surface area contributed by atoms with Gasteiger partial charge in [-0.3, -0.25) is 4.79 Å². The highest BCUT2D eigenvalue weighted by Crippen LogP contribution is 2.21. The number of nitrogens with zero attached hydrogens (tertiary/aromatic N) is 4. The van der Waals surface area contributed by atoms with Crippen molar-refractivity contribution in [2.45, 2.75) is 26.3 Å². The lowest BCUT2D eigenvalue weighted by Crippen LogP contribution is -2.25. The Hall–Kier alpha value is -2.37. The van der Waals surface area contributed by atoms with E-state index in [0.717, 1.165) is 36.2 Å². The molecule has 0 aliphatic heterocycles. The van der Waals surface area contributed by atoms with Gasteiger partial charge >= 0.3 is 5.97 Å². The van der Waals surface area contributed by atoms with Crippen molar-refractivity contribution in [2.75, 3.05) is 18.0 Å². The maximum absolute atomic E-state index is 10.7. The van der Waals surface area contributed by atoms with Gasteiger partial charge < -0.3 is 10.0 Å². The fraction of sp³-hybridized carbons (Fsp3) is 0.400. The minimum atomic E-state index is -0.787. The smallest absolute Gasteiger partial charge is 0.305 e. The molecule has 0 radical (unpaired) electrons. The molecule has 0 aliphatic rings. The van der Waals surface area contributed by atoms with Crippen molar-refractivity contribution < 1.29 is 9.90 Å². The minimum absolute atomic E-state index is 0.123. The number of aliphatic carboxylic acids is 1. The van der Waals surface area contributed by atoms with Gasteiger partial charge in [0.1, 0.15) is 5.52 Å². The highest BCUT2D eigenvalue weighted by atomic mass is 16.4. The average molecular weight is 288 g/mol. The molecule has 0 atom stereocenters. The summed E-state index contributed by atoms with van der Waals surface area (Å²) in [5, 5.41) is 17.1. The highest BCUT2D eigenvalue weighted by Gasteiger charge is 2.10. The molecule has 0 saturated heterocycles. The van der Waals surface area contributed by atoms with E-state index < -0.39 is 5.97 Å². The van der Waals surface area contributed by atoms with Crippen molar-refractivity contribution in [3.05, 3.63) is 30.9 Å². The summed E-state index contributed by atoms with van der Waals surface area (Å²) in [6, 6.07) is 5.93. The van der Waals surface area contributed by atoms with E-state index in [1.54, 1.807) is 0 Å². The van der Waals surface area contributed by atoms with Gasteiger partial charge in [-0.1, -0.05) is 11.3 Å². The lowest BCUT2D eigenvalue weighted by Gasteiger charge is -2.22. The normalized spacial score (nSPS) is 10.7. The van der Waals surface area contributed by atoms with Crippen LogP contribution in [0.4, 0.5) is 5.69 Å². The number of hydrogen-bond acceptors (Lipinski definition) is 4. The summed E-state index contributed by atoms with van der Waals surface area (Å²) in [4.78, 5) is 12.7. The number of fused-ring (bicyclic) bond motifs is 1. The quantitative estimate of drug-likeness (QED) is 0.755. The van der Waals surface area contributed by atoms with Crippen LogP contribution in [0.1, 0.15) is 19.8 Å². The lowest BCUT2D eigenvalue weighted by molar-refractivity contribution is -0.136. The molecule has 0 fully saturated rings. The monoisotopic (exact) mass is 288 g/mol. The number of benzene rings is 1. The van der Waals surface area contributed by atoms with Crippen molar-refractivity contribution in [3.63, 3.8) is 0 Å². The molecule has 21 heavy (non-hydrogen) atoms. The van der Waals surface area contributed by atoms with E-state index in [2.05, 4.69) is 16.9 Å². The van der Waals surface area contributed by atoms with Crippen LogP contribution >= 0.6 is 0 Å². The number of carbonyl (C=O) groups is 1. The van der Waals surface area contributed by atoms with E-state index >= 15 is 0 Å². The molecular formula is C15H20N4O2. The molecule has 0 bridgehead atoms. The molecule has 1 aromatic heterocycles. The second kappa shape index (κ2) is 6.88. The number of carboxylic acid groups (broad SMARTS) is 1. The van der Waals surface area contributed by atoms with E-state index in [1.165, 1.54) is 0 Å². The second-order valence-electron chi connectivity index (χ2n) is 4.79. The topological polar surface area (TPSA) is 71.2 Å². The van der Waals surface area contributed by atoms with Gasteiger partial charge in [-0.15, -0.1) is 11.7 Å². The SMILES string of the molecule is C=CCCn1nnc2cc(N(CC)CCC(=O)O)ccc21. The number of aromatic nitrogens is 3. The number of anilines is 1. The summed E-state index contributed by atoms with van der Waals surface area (Å²) in [5.74, 6) is -0.787. The third-order valence-electron chi connectivity index (χ3n) is 3.38. The summed E-state index contributed by atoms with van der Waals surface area (Å²) >= 11 is 0. The Morgan fingerprint density at radius 1 is 1.52 bits per heavy atom. The zero-order valence-corrected chi connectivity index (χ0v) is 12.2. The number of allylic oxidation sites excluding steroid dienone is 1. The Morgan fingerprint density at radius 2 is 2.33 bits per heavy atom. The van der Waals surface area contributed by atoms with Gasteiger partial charge in [-0.05, 0) is 31.5 Å². The number of rotatable bonds is 8. The van der Waals surface area contributed by atoms with Gasteiger partial charge in [0, 0.05) is 25.3 Å². The van der Waals surface area contributed by atoms with Crippen LogP contribution < -0.4 is 4.90 Å². The van der Waals surface area contributed by atoms with E-state index in [9.17, 15) is 4.79 Å².